The second-order valence-corrected chi connectivity index (χ2v) is 1.96. The zero-order chi connectivity index (χ0) is 7.28. The van der Waals surface area contributed by atoms with E-state index in [2.05, 4.69) is 5.32 Å². The van der Waals surface area contributed by atoms with Crippen LogP contribution in [0, 0.1) is 0 Å². The Bertz CT molecular complexity index is 127. The van der Waals surface area contributed by atoms with Crippen LogP contribution in [0.3, 0.4) is 0 Å². The second-order valence-electron chi connectivity index (χ2n) is 1.96. The third-order valence-corrected chi connectivity index (χ3v) is 1.18. The first-order valence-electron chi connectivity index (χ1n) is 3.09. The van der Waals surface area contributed by atoms with E-state index in [0.29, 0.717) is 0 Å². The summed E-state index contributed by atoms with van der Waals surface area (Å²) in [4.78, 5) is 10.6. The van der Waals surface area contributed by atoms with Crippen LogP contribution >= 0.6 is 0 Å². The summed E-state index contributed by atoms with van der Waals surface area (Å²) >= 11 is 0. The predicted molar refractivity (Wildman–Crippen MR) is 38.1 cm³/mol. The van der Waals surface area contributed by atoms with Crippen LogP contribution in [0.1, 0.15) is 20.3 Å². The van der Waals surface area contributed by atoms with Crippen LogP contribution in [0.2, 0.25) is 0 Å². The van der Waals surface area contributed by atoms with Gasteiger partial charge in [-0.3, -0.25) is 4.79 Å². The van der Waals surface area contributed by atoms with Gasteiger partial charge in [-0.15, -0.1) is 0 Å². The number of carbonyl (C=O) groups is 1. The Morgan fingerprint density at radius 1 is 1.67 bits per heavy atom. The van der Waals surface area contributed by atoms with Gasteiger partial charge in [0.2, 0.25) is 5.91 Å². The fourth-order valence-corrected chi connectivity index (χ4v) is 0.398. The molecule has 0 saturated carbocycles. The molecule has 1 N–H and O–H groups in total. The molecular formula is C7H13NO. The fraction of sp³-hybridized carbons (Fsp3) is 0.571. The zero-order valence-corrected chi connectivity index (χ0v) is 6.19. The van der Waals surface area contributed by atoms with Crippen molar-refractivity contribution in [1.82, 2.24) is 5.32 Å². The largest absolute Gasteiger partial charge is 0.356 e. The van der Waals surface area contributed by atoms with Gasteiger partial charge in [-0.1, -0.05) is 12.5 Å². The quantitative estimate of drug-likeness (QED) is 0.553. The van der Waals surface area contributed by atoms with Gasteiger partial charge in [-0.25, -0.2) is 0 Å². The minimum atomic E-state index is -0.0191. The number of carbonyl (C=O) groups excluding carboxylic acids is 1. The second kappa shape index (κ2) is 4.13. The highest BCUT2D eigenvalue weighted by atomic mass is 16.1. The molecule has 0 bridgehead atoms. The average Bonchev–Trinajstić information content (AvgIpc) is 1.87. The van der Waals surface area contributed by atoms with E-state index in [1.807, 2.05) is 13.8 Å². The minimum absolute atomic E-state index is 0.0191. The normalized spacial score (nSPS) is 11.2. The molecule has 0 saturated heterocycles. The molecular weight excluding hydrogens is 114 g/mol. The van der Waals surface area contributed by atoms with Crippen molar-refractivity contribution in [3.05, 3.63) is 11.6 Å². The first-order valence-corrected chi connectivity index (χ1v) is 3.09. The van der Waals surface area contributed by atoms with Gasteiger partial charge < -0.3 is 5.32 Å². The van der Waals surface area contributed by atoms with Gasteiger partial charge in [0.1, 0.15) is 0 Å². The van der Waals surface area contributed by atoms with E-state index in [1.165, 1.54) is 0 Å². The minimum Gasteiger partial charge on any atom is -0.356 e. The first-order chi connectivity index (χ1) is 4.20. The van der Waals surface area contributed by atoms with Gasteiger partial charge in [0, 0.05) is 13.1 Å². The summed E-state index contributed by atoms with van der Waals surface area (Å²) in [6.45, 7) is 3.96. The Morgan fingerprint density at radius 2 is 2.22 bits per heavy atom. The molecule has 1 amide bonds. The van der Waals surface area contributed by atoms with Crippen molar-refractivity contribution in [3.63, 3.8) is 0 Å². The van der Waals surface area contributed by atoms with Crippen LogP contribution < -0.4 is 5.32 Å². The highest BCUT2D eigenvalue weighted by molar-refractivity contribution is 5.87. The average molecular weight is 127 g/mol. The zero-order valence-electron chi connectivity index (χ0n) is 6.19. The number of hydrogen-bond acceptors (Lipinski definition) is 1. The number of allylic oxidation sites excluding steroid dienone is 1. The van der Waals surface area contributed by atoms with Gasteiger partial charge in [0.25, 0.3) is 0 Å². The maximum atomic E-state index is 10.6. The monoisotopic (exact) mass is 127 g/mol. The Hall–Kier alpha value is -0.790. The van der Waals surface area contributed by atoms with E-state index in [4.69, 9.17) is 0 Å². The van der Waals surface area contributed by atoms with Crippen molar-refractivity contribution >= 4 is 5.91 Å². The smallest absolute Gasteiger partial charge is 0.243 e. The number of likely N-dealkylation sites (N-methyl/N-ethyl adjacent to an activating group) is 1. The van der Waals surface area contributed by atoms with Crippen LogP contribution in [-0.4, -0.2) is 13.0 Å². The third-order valence-electron chi connectivity index (χ3n) is 1.18. The Labute approximate surface area is 56.0 Å². The van der Waals surface area contributed by atoms with Crippen LogP contribution in [0.4, 0.5) is 0 Å². The van der Waals surface area contributed by atoms with Gasteiger partial charge in [-0.2, -0.15) is 0 Å². The van der Waals surface area contributed by atoms with Gasteiger partial charge in [-0.05, 0) is 13.3 Å². The lowest BCUT2D eigenvalue weighted by atomic mass is 10.2. The van der Waals surface area contributed by atoms with E-state index in [1.54, 1.807) is 13.1 Å². The number of nitrogens with one attached hydrogen (secondary N) is 1. The fourth-order valence-electron chi connectivity index (χ4n) is 0.398. The summed E-state index contributed by atoms with van der Waals surface area (Å²) in [5.41, 5.74) is 1.11. The predicted octanol–water partition coefficient (Wildman–Crippen LogP) is 1.09. The van der Waals surface area contributed by atoms with E-state index < -0.39 is 0 Å². The molecule has 0 aromatic rings. The van der Waals surface area contributed by atoms with Crippen molar-refractivity contribution in [3.8, 4) is 0 Å². The molecule has 0 fully saturated rings. The summed E-state index contributed by atoms with van der Waals surface area (Å²) in [5, 5.41) is 2.51. The van der Waals surface area contributed by atoms with E-state index >= 15 is 0 Å². The van der Waals surface area contributed by atoms with Crippen molar-refractivity contribution < 1.29 is 4.79 Å². The maximum Gasteiger partial charge on any atom is 0.243 e. The molecule has 0 aliphatic carbocycles. The number of hydrogen-bond donors (Lipinski definition) is 1. The summed E-state index contributed by atoms with van der Waals surface area (Å²) in [6.07, 6.45) is 2.55. The van der Waals surface area contributed by atoms with Crippen LogP contribution in [0.15, 0.2) is 11.6 Å². The molecule has 0 aliphatic rings. The van der Waals surface area contributed by atoms with Crippen molar-refractivity contribution in [1.29, 1.82) is 0 Å². The van der Waals surface area contributed by atoms with Crippen molar-refractivity contribution in [2.24, 2.45) is 0 Å². The molecule has 9 heavy (non-hydrogen) atoms. The lowest BCUT2D eigenvalue weighted by Crippen LogP contribution is -2.14. The van der Waals surface area contributed by atoms with Gasteiger partial charge >= 0.3 is 0 Å². The summed E-state index contributed by atoms with van der Waals surface area (Å²) < 4.78 is 0. The van der Waals surface area contributed by atoms with Crippen molar-refractivity contribution in [2.45, 2.75) is 20.3 Å². The standard InChI is InChI=1S/C7H13NO/c1-4-6(2)5-7(9)8-3/h5H,4H2,1-3H3,(H,8,9). The summed E-state index contributed by atoms with van der Waals surface area (Å²) in [6, 6.07) is 0. The Balaban J connectivity index is 3.79. The Morgan fingerprint density at radius 3 is 2.56 bits per heavy atom. The van der Waals surface area contributed by atoms with Crippen LogP contribution in [-0.2, 0) is 4.79 Å². The first kappa shape index (κ1) is 8.21. The van der Waals surface area contributed by atoms with Gasteiger partial charge in [0.15, 0.2) is 0 Å². The van der Waals surface area contributed by atoms with E-state index in [0.717, 1.165) is 12.0 Å². The van der Waals surface area contributed by atoms with Crippen LogP contribution in [0.25, 0.3) is 0 Å². The lowest BCUT2D eigenvalue weighted by Gasteiger charge is -1.93. The molecule has 0 aromatic heterocycles. The highest BCUT2D eigenvalue weighted by Gasteiger charge is 1.89. The molecule has 0 aliphatic heterocycles. The molecule has 52 valence electrons. The van der Waals surface area contributed by atoms with E-state index in [9.17, 15) is 4.79 Å². The molecule has 2 nitrogen and oxygen atoms in total. The maximum absolute atomic E-state index is 10.6. The lowest BCUT2D eigenvalue weighted by molar-refractivity contribution is -0.116. The molecule has 2 heteroatoms. The highest BCUT2D eigenvalue weighted by Crippen LogP contribution is 1.95. The molecule has 0 atom stereocenters. The third kappa shape index (κ3) is 3.76. The van der Waals surface area contributed by atoms with Gasteiger partial charge in [0.05, 0.1) is 0 Å². The molecule has 0 unspecified atom stereocenters. The summed E-state index contributed by atoms with van der Waals surface area (Å²) in [5.74, 6) is -0.0191. The Kier molecular flexibility index (Phi) is 3.76. The molecule has 0 rings (SSSR count). The number of rotatable bonds is 2. The SMILES string of the molecule is CCC(C)=CC(=O)NC. The summed E-state index contributed by atoms with van der Waals surface area (Å²) in [7, 11) is 1.63. The number of amides is 1. The molecule has 0 aromatic carbocycles. The van der Waals surface area contributed by atoms with Crippen LogP contribution in [0.5, 0.6) is 0 Å². The van der Waals surface area contributed by atoms with E-state index in [-0.39, 0.29) is 5.91 Å². The molecule has 0 spiro atoms. The molecule has 0 radical (unpaired) electrons. The topological polar surface area (TPSA) is 29.1 Å². The molecule has 0 heterocycles. The van der Waals surface area contributed by atoms with Crippen molar-refractivity contribution in [2.75, 3.05) is 7.05 Å².